The zero-order chi connectivity index (χ0) is 11.4. The summed E-state index contributed by atoms with van der Waals surface area (Å²) in [5, 5.41) is 4.52. The Labute approximate surface area is 103 Å². The number of aryl methyl sites for hydroxylation is 1. The standard InChI is InChI=1S/C10H11ClN4S/c1-2-7-5-14-8(16-7)6-15-10-9(11)12-3-4-13-10/h3-5H,2,6H2,1H3,(H,13,15). The molecule has 2 aromatic rings. The molecule has 16 heavy (non-hydrogen) atoms. The average molecular weight is 255 g/mol. The molecule has 0 fully saturated rings. The molecule has 0 bridgehead atoms. The maximum atomic E-state index is 5.87. The number of hydrogen-bond donors (Lipinski definition) is 1. The van der Waals surface area contributed by atoms with Crippen LogP contribution >= 0.6 is 22.9 Å². The average Bonchev–Trinajstić information content (AvgIpc) is 2.76. The summed E-state index contributed by atoms with van der Waals surface area (Å²) >= 11 is 7.56. The minimum Gasteiger partial charge on any atom is -0.361 e. The molecule has 0 aliphatic heterocycles. The van der Waals surface area contributed by atoms with Gasteiger partial charge in [0.2, 0.25) is 0 Å². The van der Waals surface area contributed by atoms with Crippen LogP contribution in [0.1, 0.15) is 16.8 Å². The summed E-state index contributed by atoms with van der Waals surface area (Å²) in [5.74, 6) is 0.595. The molecule has 0 amide bonds. The highest BCUT2D eigenvalue weighted by Crippen LogP contribution is 2.17. The molecule has 0 spiro atoms. The predicted molar refractivity (Wildman–Crippen MR) is 65.9 cm³/mol. The van der Waals surface area contributed by atoms with E-state index in [-0.39, 0.29) is 0 Å². The molecule has 0 radical (unpaired) electrons. The molecular formula is C10H11ClN4S. The van der Waals surface area contributed by atoms with Crippen molar-refractivity contribution < 1.29 is 0 Å². The third-order valence-electron chi connectivity index (χ3n) is 2.01. The predicted octanol–water partition coefficient (Wildman–Crippen LogP) is 2.76. The van der Waals surface area contributed by atoms with E-state index in [1.807, 2.05) is 6.20 Å². The third-order valence-corrected chi connectivity index (χ3v) is 3.43. The first-order chi connectivity index (χ1) is 7.79. The molecule has 0 saturated carbocycles. The molecule has 1 N–H and O–H groups in total. The van der Waals surface area contributed by atoms with Gasteiger partial charge in [-0.1, -0.05) is 18.5 Å². The molecule has 0 atom stereocenters. The van der Waals surface area contributed by atoms with E-state index >= 15 is 0 Å². The Morgan fingerprint density at radius 3 is 2.81 bits per heavy atom. The SMILES string of the molecule is CCc1cnc(CNc2nccnc2Cl)s1. The summed E-state index contributed by atoms with van der Waals surface area (Å²) in [6.45, 7) is 2.74. The largest absolute Gasteiger partial charge is 0.361 e. The van der Waals surface area contributed by atoms with E-state index in [9.17, 15) is 0 Å². The number of anilines is 1. The van der Waals surface area contributed by atoms with Crippen LogP contribution in [0.15, 0.2) is 18.6 Å². The molecule has 84 valence electrons. The molecule has 0 aliphatic carbocycles. The van der Waals surface area contributed by atoms with Gasteiger partial charge in [-0.2, -0.15) is 0 Å². The molecular weight excluding hydrogens is 244 g/mol. The van der Waals surface area contributed by atoms with Gasteiger partial charge >= 0.3 is 0 Å². The van der Waals surface area contributed by atoms with Gasteiger partial charge in [-0.05, 0) is 6.42 Å². The van der Waals surface area contributed by atoms with Crippen molar-refractivity contribution in [3.63, 3.8) is 0 Å². The van der Waals surface area contributed by atoms with Crippen LogP contribution in [0.5, 0.6) is 0 Å². The van der Waals surface area contributed by atoms with E-state index in [1.54, 1.807) is 23.7 Å². The van der Waals surface area contributed by atoms with Crippen molar-refractivity contribution in [3.8, 4) is 0 Å². The number of hydrogen-bond acceptors (Lipinski definition) is 5. The van der Waals surface area contributed by atoms with Crippen molar-refractivity contribution in [2.75, 3.05) is 5.32 Å². The van der Waals surface area contributed by atoms with Gasteiger partial charge in [-0.3, -0.25) is 0 Å². The van der Waals surface area contributed by atoms with Gasteiger partial charge in [0.05, 0.1) is 6.54 Å². The van der Waals surface area contributed by atoms with E-state index in [1.165, 1.54) is 4.88 Å². The Bertz CT molecular complexity index is 471. The fourth-order valence-corrected chi connectivity index (χ4v) is 2.17. The third kappa shape index (κ3) is 2.68. The van der Waals surface area contributed by atoms with Gasteiger partial charge in [0.1, 0.15) is 5.01 Å². The maximum absolute atomic E-state index is 5.87. The van der Waals surface area contributed by atoms with E-state index in [0.29, 0.717) is 17.5 Å². The highest BCUT2D eigenvalue weighted by atomic mass is 35.5. The van der Waals surface area contributed by atoms with Gasteiger partial charge in [-0.15, -0.1) is 11.3 Å². The summed E-state index contributed by atoms with van der Waals surface area (Å²) in [4.78, 5) is 13.6. The highest BCUT2D eigenvalue weighted by molar-refractivity contribution is 7.11. The van der Waals surface area contributed by atoms with Crippen LogP contribution < -0.4 is 5.32 Å². The van der Waals surface area contributed by atoms with Gasteiger partial charge in [0.15, 0.2) is 11.0 Å². The van der Waals surface area contributed by atoms with Gasteiger partial charge in [-0.25, -0.2) is 15.0 Å². The topological polar surface area (TPSA) is 50.7 Å². The summed E-state index contributed by atoms with van der Waals surface area (Å²) in [7, 11) is 0. The van der Waals surface area contributed by atoms with Crippen molar-refractivity contribution in [1.82, 2.24) is 15.0 Å². The molecule has 0 aromatic carbocycles. The molecule has 2 heterocycles. The van der Waals surface area contributed by atoms with Crippen molar-refractivity contribution in [3.05, 3.63) is 33.6 Å². The molecule has 2 aromatic heterocycles. The second kappa shape index (κ2) is 5.23. The minimum atomic E-state index is 0.384. The molecule has 6 heteroatoms. The van der Waals surface area contributed by atoms with E-state index < -0.39 is 0 Å². The van der Waals surface area contributed by atoms with Crippen LogP contribution in [0.3, 0.4) is 0 Å². The second-order valence-corrected chi connectivity index (χ2v) is 4.68. The smallest absolute Gasteiger partial charge is 0.171 e. The lowest BCUT2D eigenvalue weighted by molar-refractivity contribution is 1.06. The molecule has 2 rings (SSSR count). The number of rotatable bonds is 4. The molecule has 4 nitrogen and oxygen atoms in total. The Kier molecular flexibility index (Phi) is 3.69. The van der Waals surface area contributed by atoms with Crippen molar-refractivity contribution in [1.29, 1.82) is 0 Å². The number of thiazole rings is 1. The Balaban J connectivity index is 1.99. The van der Waals surface area contributed by atoms with E-state index in [4.69, 9.17) is 11.6 Å². The van der Waals surface area contributed by atoms with Crippen LogP contribution in [0.25, 0.3) is 0 Å². The monoisotopic (exact) mass is 254 g/mol. The van der Waals surface area contributed by atoms with Crippen LogP contribution in [0.4, 0.5) is 5.82 Å². The summed E-state index contributed by atoms with van der Waals surface area (Å²) in [6, 6.07) is 0. The lowest BCUT2D eigenvalue weighted by atomic mass is 10.4. The fraction of sp³-hybridized carbons (Fsp3) is 0.300. The number of aromatic nitrogens is 3. The van der Waals surface area contributed by atoms with Gasteiger partial charge in [0.25, 0.3) is 0 Å². The lowest BCUT2D eigenvalue weighted by Gasteiger charge is -2.03. The molecule has 0 aliphatic rings. The second-order valence-electron chi connectivity index (χ2n) is 3.12. The maximum Gasteiger partial charge on any atom is 0.171 e. The van der Waals surface area contributed by atoms with E-state index in [0.717, 1.165) is 11.4 Å². The normalized spacial score (nSPS) is 10.4. The fourth-order valence-electron chi connectivity index (χ4n) is 1.19. The van der Waals surface area contributed by atoms with Gasteiger partial charge < -0.3 is 5.32 Å². The van der Waals surface area contributed by atoms with Crippen molar-refractivity contribution >= 4 is 28.8 Å². The van der Waals surface area contributed by atoms with Crippen LogP contribution in [-0.2, 0) is 13.0 Å². The van der Waals surface area contributed by atoms with E-state index in [2.05, 4.69) is 27.2 Å². The van der Waals surface area contributed by atoms with Crippen molar-refractivity contribution in [2.45, 2.75) is 19.9 Å². The van der Waals surface area contributed by atoms with Crippen LogP contribution in [0.2, 0.25) is 5.15 Å². The zero-order valence-corrected chi connectivity index (χ0v) is 10.3. The van der Waals surface area contributed by atoms with Crippen LogP contribution in [-0.4, -0.2) is 15.0 Å². The lowest BCUT2D eigenvalue weighted by Crippen LogP contribution is -2.01. The number of nitrogens with one attached hydrogen (secondary N) is 1. The zero-order valence-electron chi connectivity index (χ0n) is 8.77. The Hall–Kier alpha value is -1.20. The first-order valence-electron chi connectivity index (χ1n) is 4.93. The molecule has 0 unspecified atom stereocenters. The van der Waals surface area contributed by atoms with Crippen LogP contribution in [0, 0.1) is 0 Å². The van der Waals surface area contributed by atoms with Crippen molar-refractivity contribution in [2.24, 2.45) is 0 Å². The Morgan fingerprint density at radius 1 is 1.31 bits per heavy atom. The first kappa shape index (κ1) is 11.3. The number of halogens is 1. The summed E-state index contributed by atoms with van der Waals surface area (Å²) < 4.78 is 0. The van der Waals surface area contributed by atoms with Gasteiger partial charge in [0, 0.05) is 23.5 Å². The number of nitrogens with zero attached hydrogens (tertiary/aromatic N) is 3. The molecule has 0 saturated heterocycles. The summed E-state index contributed by atoms with van der Waals surface area (Å²) in [6.07, 6.45) is 6.09. The Morgan fingerprint density at radius 2 is 2.12 bits per heavy atom. The minimum absolute atomic E-state index is 0.384. The first-order valence-corrected chi connectivity index (χ1v) is 6.13. The summed E-state index contributed by atoms with van der Waals surface area (Å²) in [5.41, 5.74) is 0. The highest BCUT2D eigenvalue weighted by Gasteiger charge is 2.04. The quantitative estimate of drug-likeness (QED) is 0.912.